The van der Waals surface area contributed by atoms with E-state index in [2.05, 4.69) is 0 Å². The molecule has 0 saturated carbocycles. The van der Waals surface area contributed by atoms with Gasteiger partial charge in [0.25, 0.3) is 5.91 Å². The fourth-order valence-corrected chi connectivity index (χ4v) is 2.41. The standard InChI is InChI=1S/C13H17F2N3O2/c1-20-7-8-2-3-18(6-8)13(19)9-4-10(14)12(17-16)11(15)5-9/h4-5,8,17H,2-3,6-7,16H2,1H3. The number of halogens is 2. The molecule has 1 atom stereocenters. The Labute approximate surface area is 115 Å². The number of amides is 1. The summed E-state index contributed by atoms with van der Waals surface area (Å²) >= 11 is 0. The van der Waals surface area contributed by atoms with Crippen molar-refractivity contribution in [3.63, 3.8) is 0 Å². The Balaban J connectivity index is 2.14. The van der Waals surface area contributed by atoms with Crippen LogP contribution in [-0.2, 0) is 4.74 Å². The maximum atomic E-state index is 13.6. The minimum absolute atomic E-state index is 0.0166. The molecule has 0 bridgehead atoms. The summed E-state index contributed by atoms with van der Waals surface area (Å²) in [6.45, 7) is 1.67. The van der Waals surface area contributed by atoms with Gasteiger partial charge in [0.05, 0.1) is 6.61 Å². The molecule has 1 saturated heterocycles. The van der Waals surface area contributed by atoms with Gasteiger partial charge in [-0.25, -0.2) is 8.78 Å². The molecule has 1 unspecified atom stereocenters. The zero-order valence-corrected chi connectivity index (χ0v) is 11.2. The van der Waals surface area contributed by atoms with Crippen LogP contribution in [0.25, 0.3) is 0 Å². The predicted octanol–water partition coefficient (Wildman–Crippen LogP) is 1.36. The van der Waals surface area contributed by atoms with Crippen molar-refractivity contribution >= 4 is 11.6 Å². The largest absolute Gasteiger partial charge is 0.384 e. The van der Waals surface area contributed by atoms with E-state index >= 15 is 0 Å². The summed E-state index contributed by atoms with van der Waals surface area (Å²) in [6.07, 6.45) is 0.826. The minimum Gasteiger partial charge on any atom is -0.384 e. The monoisotopic (exact) mass is 285 g/mol. The van der Waals surface area contributed by atoms with E-state index in [1.54, 1.807) is 12.0 Å². The number of nitrogens with zero attached hydrogens (tertiary/aromatic N) is 1. The number of carbonyl (C=O) groups excluding carboxylic acids is 1. The van der Waals surface area contributed by atoms with Crippen molar-refractivity contribution in [2.45, 2.75) is 6.42 Å². The maximum absolute atomic E-state index is 13.6. The smallest absolute Gasteiger partial charge is 0.254 e. The fourth-order valence-electron chi connectivity index (χ4n) is 2.41. The van der Waals surface area contributed by atoms with E-state index in [4.69, 9.17) is 10.6 Å². The average Bonchev–Trinajstić information content (AvgIpc) is 2.86. The van der Waals surface area contributed by atoms with Gasteiger partial charge in [0.1, 0.15) is 5.69 Å². The molecule has 0 radical (unpaired) electrons. The fraction of sp³-hybridized carbons (Fsp3) is 0.462. The molecule has 2 rings (SSSR count). The average molecular weight is 285 g/mol. The molecule has 1 aromatic carbocycles. The number of benzene rings is 1. The van der Waals surface area contributed by atoms with Crippen LogP contribution in [0.3, 0.4) is 0 Å². The Morgan fingerprint density at radius 1 is 1.50 bits per heavy atom. The highest BCUT2D eigenvalue weighted by molar-refractivity contribution is 5.94. The quantitative estimate of drug-likeness (QED) is 0.647. The second kappa shape index (κ2) is 6.15. The molecule has 7 heteroatoms. The van der Waals surface area contributed by atoms with Gasteiger partial charge in [-0.3, -0.25) is 10.6 Å². The van der Waals surface area contributed by atoms with Crippen LogP contribution in [0.15, 0.2) is 12.1 Å². The van der Waals surface area contributed by atoms with Gasteiger partial charge >= 0.3 is 0 Å². The molecule has 1 amide bonds. The number of nitrogens with one attached hydrogen (secondary N) is 1. The lowest BCUT2D eigenvalue weighted by Gasteiger charge is -2.17. The van der Waals surface area contributed by atoms with E-state index in [9.17, 15) is 13.6 Å². The van der Waals surface area contributed by atoms with E-state index < -0.39 is 17.3 Å². The Hall–Kier alpha value is -1.73. The third-order valence-electron chi connectivity index (χ3n) is 3.41. The van der Waals surface area contributed by atoms with Gasteiger partial charge in [-0.2, -0.15) is 0 Å². The highest BCUT2D eigenvalue weighted by Crippen LogP contribution is 2.23. The molecule has 0 aliphatic carbocycles. The van der Waals surface area contributed by atoms with E-state index in [0.29, 0.717) is 19.7 Å². The van der Waals surface area contributed by atoms with Crippen LogP contribution in [0, 0.1) is 17.6 Å². The zero-order valence-electron chi connectivity index (χ0n) is 11.2. The van der Waals surface area contributed by atoms with Crippen LogP contribution in [0.1, 0.15) is 16.8 Å². The van der Waals surface area contributed by atoms with Crippen molar-refractivity contribution in [2.24, 2.45) is 11.8 Å². The van der Waals surface area contributed by atoms with E-state index in [1.165, 1.54) is 0 Å². The lowest BCUT2D eigenvalue weighted by atomic mass is 10.1. The maximum Gasteiger partial charge on any atom is 0.254 e. The van der Waals surface area contributed by atoms with Crippen LogP contribution >= 0.6 is 0 Å². The molecule has 5 nitrogen and oxygen atoms in total. The second-order valence-electron chi connectivity index (χ2n) is 4.82. The summed E-state index contributed by atoms with van der Waals surface area (Å²) < 4.78 is 32.2. The number of anilines is 1. The number of nitrogen functional groups attached to an aromatic ring is 1. The Morgan fingerprint density at radius 2 is 2.15 bits per heavy atom. The minimum atomic E-state index is -0.886. The van der Waals surface area contributed by atoms with Gasteiger partial charge < -0.3 is 15.1 Å². The van der Waals surface area contributed by atoms with E-state index in [-0.39, 0.29) is 17.4 Å². The van der Waals surface area contributed by atoms with Crippen LogP contribution in [-0.4, -0.2) is 37.6 Å². The summed E-state index contributed by atoms with van der Waals surface area (Å²) in [5, 5.41) is 0. The summed E-state index contributed by atoms with van der Waals surface area (Å²) in [5.41, 5.74) is 1.47. The highest BCUT2D eigenvalue weighted by Gasteiger charge is 2.27. The molecule has 110 valence electrons. The normalized spacial score (nSPS) is 18.4. The van der Waals surface area contributed by atoms with Crippen molar-refractivity contribution in [3.05, 3.63) is 29.3 Å². The van der Waals surface area contributed by atoms with Crippen LogP contribution in [0.4, 0.5) is 14.5 Å². The topological polar surface area (TPSA) is 67.6 Å². The first-order valence-electron chi connectivity index (χ1n) is 6.30. The van der Waals surface area contributed by atoms with Crippen LogP contribution in [0.2, 0.25) is 0 Å². The molecule has 1 fully saturated rings. The Morgan fingerprint density at radius 3 is 2.70 bits per heavy atom. The van der Waals surface area contributed by atoms with Crippen molar-refractivity contribution in [3.8, 4) is 0 Å². The van der Waals surface area contributed by atoms with Crippen molar-refractivity contribution < 1.29 is 18.3 Å². The SMILES string of the molecule is COCC1CCN(C(=O)c2cc(F)c(NN)c(F)c2)C1. The van der Waals surface area contributed by atoms with E-state index in [0.717, 1.165) is 18.6 Å². The molecule has 20 heavy (non-hydrogen) atoms. The summed E-state index contributed by atoms with van der Waals surface area (Å²) in [7, 11) is 1.60. The van der Waals surface area contributed by atoms with Crippen molar-refractivity contribution in [1.29, 1.82) is 0 Å². The molecule has 1 aliphatic heterocycles. The van der Waals surface area contributed by atoms with Gasteiger partial charge in [0, 0.05) is 31.7 Å². The second-order valence-corrected chi connectivity index (χ2v) is 4.82. The molecular weight excluding hydrogens is 268 g/mol. The number of methoxy groups -OCH3 is 1. The number of rotatable bonds is 4. The Bertz CT molecular complexity index is 487. The van der Waals surface area contributed by atoms with Gasteiger partial charge in [-0.05, 0) is 18.6 Å². The molecule has 0 spiro atoms. The van der Waals surface area contributed by atoms with Crippen LogP contribution < -0.4 is 11.3 Å². The van der Waals surface area contributed by atoms with Crippen LogP contribution in [0.5, 0.6) is 0 Å². The zero-order chi connectivity index (χ0) is 14.7. The lowest BCUT2D eigenvalue weighted by molar-refractivity contribution is 0.0774. The summed E-state index contributed by atoms with van der Waals surface area (Å²) in [5.74, 6) is 3.12. The third kappa shape index (κ3) is 2.88. The number of nitrogens with two attached hydrogens (primary N) is 1. The van der Waals surface area contributed by atoms with E-state index in [1.807, 2.05) is 5.43 Å². The Kier molecular flexibility index (Phi) is 4.51. The molecule has 3 N–H and O–H groups in total. The van der Waals surface area contributed by atoms with Crippen molar-refractivity contribution in [1.82, 2.24) is 4.90 Å². The molecular formula is C13H17F2N3O2. The number of carbonyl (C=O) groups is 1. The first-order valence-corrected chi connectivity index (χ1v) is 6.30. The molecule has 0 aromatic heterocycles. The number of hydrogen-bond donors (Lipinski definition) is 2. The lowest BCUT2D eigenvalue weighted by Crippen LogP contribution is -2.29. The first kappa shape index (κ1) is 14.7. The first-order chi connectivity index (χ1) is 9.56. The van der Waals surface area contributed by atoms with Gasteiger partial charge in [-0.1, -0.05) is 0 Å². The highest BCUT2D eigenvalue weighted by atomic mass is 19.1. The molecule has 1 heterocycles. The number of ether oxygens (including phenoxy) is 1. The predicted molar refractivity (Wildman–Crippen MR) is 70.1 cm³/mol. The number of hydrogen-bond acceptors (Lipinski definition) is 4. The summed E-state index contributed by atoms with van der Waals surface area (Å²) in [4.78, 5) is 13.8. The number of likely N-dealkylation sites (tertiary alicyclic amines) is 1. The van der Waals surface area contributed by atoms with Gasteiger partial charge in [0.2, 0.25) is 0 Å². The number of hydrazine groups is 1. The van der Waals surface area contributed by atoms with Gasteiger partial charge in [-0.15, -0.1) is 0 Å². The third-order valence-corrected chi connectivity index (χ3v) is 3.41. The van der Waals surface area contributed by atoms with Crippen molar-refractivity contribution in [2.75, 3.05) is 32.2 Å². The summed E-state index contributed by atoms with van der Waals surface area (Å²) in [6, 6.07) is 1.98. The molecule has 1 aliphatic rings. The molecule has 1 aromatic rings. The van der Waals surface area contributed by atoms with Gasteiger partial charge in [0.15, 0.2) is 11.6 Å².